The Morgan fingerprint density at radius 1 is 1.05 bits per heavy atom. The summed E-state index contributed by atoms with van der Waals surface area (Å²) in [5.41, 5.74) is 2.15. The largest absolute Gasteiger partial charge is 0.280 e. The van der Waals surface area contributed by atoms with Gasteiger partial charge >= 0.3 is 0 Å². The molecule has 0 aliphatic carbocycles. The molecule has 6 heteroatoms. The van der Waals surface area contributed by atoms with Crippen LogP contribution >= 0.6 is 12.2 Å². The maximum absolute atomic E-state index is 12.2. The fourth-order valence-electron chi connectivity index (χ4n) is 1.59. The maximum atomic E-state index is 12.2. The highest BCUT2D eigenvalue weighted by Crippen LogP contribution is 2.19. The molecule has 0 amide bonds. The first-order valence-electron chi connectivity index (χ1n) is 5.79. The van der Waals surface area contributed by atoms with Gasteiger partial charge in [-0.2, -0.15) is 4.99 Å². The zero-order chi connectivity index (χ0) is 14.6. The molecule has 0 unspecified atom stereocenters. The van der Waals surface area contributed by atoms with E-state index >= 15 is 0 Å². The second-order valence-corrected chi connectivity index (χ2v) is 6.03. The van der Waals surface area contributed by atoms with Gasteiger partial charge in [0.25, 0.3) is 10.0 Å². The number of nitrogens with one attached hydrogen (secondary N) is 1. The zero-order valence-corrected chi connectivity index (χ0v) is 12.3. The molecule has 0 aromatic heterocycles. The predicted molar refractivity (Wildman–Crippen MR) is 83.1 cm³/mol. The van der Waals surface area contributed by atoms with E-state index in [0.717, 1.165) is 5.56 Å². The van der Waals surface area contributed by atoms with Gasteiger partial charge in [-0.3, -0.25) is 4.72 Å². The van der Waals surface area contributed by atoms with Gasteiger partial charge in [0.05, 0.1) is 15.7 Å². The number of anilines is 1. The molecule has 0 aliphatic heterocycles. The van der Waals surface area contributed by atoms with E-state index in [9.17, 15) is 8.42 Å². The molecule has 0 aliphatic rings. The fourth-order valence-corrected chi connectivity index (χ4v) is 2.75. The standard InChI is InChI=1S/C14H12N2O2S2/c1-11-2-4-13(5-3-11)16-20(17,18)14-8-6-12(7-9-14)15-10-19/h2-9,16H,1H3. The number of thiocarbonyl (C=S) groups is 1. The fraction of sp³-hybridized carbons (Fsp3) is 0.0714. The Balaban J connectivity index is 2.25. The summed E-state index contributed by atoms with van der Waals surface area (Å²) in [5.74, 6) is 0. The van der Waals surface area contributed by atoms with E-state index in [0.29, 0.717) is 11.4 Å². The van der Waals surface area contributed by atoms with Gasteiger partial charge in [0.1, 0.15) is 0 Å². The monoisotopic (exact) mass is 304 g/mol. The van der Waals surface area contributed by atoms with Crippen LogP contribution in [0.25, 0.3) is 0 Å². The summed E-state index contributed by atoms with van der Waals surface area (Å²) in [6.07, 6.45) is 0. The Morgan fingerprint density at radius 3 is 2.20 bits per heavy atom. The number of sulfonamides is 1. The molecule has 2 aromatic rings. The molecule has 0 atom stereocenters. The summed E-state index contributed by atoms with van der Waals surface area (Å²) in [6.45, 7) is 1.94. The lowest BCUT2D eigenvalue weighted by Gasteiger charge is -2.08. The number of hydrogen-bond donors (Lipinski definition) is 1. The minimum absolute atomic E-state index is 0.168. The van der Waals surface area contributed by atoms with Crippen LogP contribution < -0.4 is 4.72 Å². The lowest BCUT2D eigenvalue weighted by atomic mass is 10.2. The van der Waals surface area contributed by atoms with Crippen molar-refractivity contribution in [2.24, 2.45) is 4.99 Å². The predicted octanol–water partition coefficient (Wildman–Crippen LogP) is 3.53. The zero-order valence-electron chi connectivity index (χ0n) is 10.7. The van der Waals surface area contributed by atoms with Crippen molar-refractivity contribution in [3.63, 3.8) is 0 Å². The Bertz CT molecular complexity index is 745. The van der Waals surface area contributed by atoms with Crippen LogP contribution in [0.2, 0.25) is 0 Å². The van der Waals surface area contributed by atoms with E-state index in [1.807, 2.05) is 19.1 Å². The van der Waals surface area contributed by atoms with E-state index in [1.165, 1.54) is 12.1 Å². The number of aliphatic imine (C=N–C) groups is 1. The van der Waals surface area contributed by atoms with Gasteiger partial charge in [0.15, 0.2) is 0 Å². The van der Waals surface area contributed by atoms with Crippen LogP contribution in [0.1, 0.15) is 5.56 Å². The highest BCUT2D eigenvalue weighted by molar-refractivity contribution is 7.92. The Morgan fingerprint density at radius 2 is 1.65 bits per heavy atom. The molecule has 0 radical (unpaired) electrons. The molecular formula is C14H12N2O2S2. The summed E-state index contributed by atoms with van der Waals surface area (Å²) in [4.78, 5) is 3.94. The van der Waals surface area contributed by atoms with Gasteiger partial charge in [-0.05, 0) is 55.5 Å². The summed E-state index contributed by atoms with van der Waals surface area (Å²) in [6, 6.07) is 13.2. The molecule has 20 heavy (non-hydrogen) atoms. The highest BCUT2D eigenvalue weighted by atomic mass is 32.2. The number of benzene rings is 2. The van der Waals surface area contributed by atoms with Crippen molar-refractivity contribution in [3.8, 4) is 0 Å². The van der Waals surface area contributed by atoms with Crippen LogP contribution in [-0.2, 0) is 10.0 Å². The number of aryl methyl sites for hydroxylation is 1. The average Bonchev–Trinajstić information content (AvgIpc) is 2.42. The smallest absolute Gasteiger partial charge is 0.261 e. The van der Waals surface area contributed by atoms with Crippen molar-refractivity contribution in [3.05, 3.63) is 54.1 Å². The van der Waals surface area contributed by atoms with E-state index in [1.54, 1.807) is 24.3 Å². The van der Waals surface area contributed by atoms with Crippen LogP contribution in [0.3, 0.4) is 0 Å². The normalized spacial score (nSPS) is 10.7. The van der Waals surface area contributed by atoms with Crippen LogP contribution in [0.15, 0.2) is 58.4 Å². The summed E-state index contributed by atoms with van der Waals surface area (Å²) >= 11 is 4.49. The third-order valence-electron chi connectivity index (χ3n) is 2.63. The Labute approximate surface area is 123 Å². The lowest BCUT2D eigenvalue weighted by molar-refractivity contribution is 0.601. The molecule has 0 fully saturated rings. The topological polar surface area (TPSA) is 58.5 Å². The van der Waals surface area contributed by atoms with Crippen LogP contribution in [0, 0.1) is 6.92 Å². The third kappa shape index (κ3) is 3.51. The minimum Gasteiger partial charge on any atom is -0.280 e. The van der Waals surface area contributed by atoms with Crippen LogP contribution in [0.4, 0.5) is 11.4 Å². The highest BCUT2D eigenvalue weighted by Gasteiger charge is 2.13. The molecule has 2 rings (SSSR count). The van der Waals surface area contributed by atoms with Crippen LogP contribution in [0.5, 0.6) is 0 Å². The van der Waals surface area contributed by atoms with Crippen LogP contribution in [-0.4, -0.2) is 13.6 Å². The lowest BCUT2D eigenvalue weighted by Crippen LogP contribution is -2.12. The van der Waals surface area contributed by atoms with Crippen molar-refractivity contribution >= 4 is 38.8 Å². The first kappa shape index (κ1) is 14.4. The summed E-state index contributed by atoms with van der Waals surface area (Å²) in [5, 5.41) is 2.23. The molecular weight excluding hydrogens is 292 g/mol. The third-order valence-corrected chi connectivity index (χ3v) is 4.11. The number of nitrogens with zero attached hydrogens (tertiary/aromatic N) is 1. The molecule has 0 spiro atoms. The van der Waals surface area contributed by atoms with Gasteiger partial charge in [-0.1, -0.05) is 17.7 Å². The molecule has 4 nitrogen and oxygen atoms in total. The molecule has 1 N–H and O–H groups in total. The van der Waals surface area contributed by atoms with E-state index in [4.69, 9.17) is 0 Å². The molecule has 2 aromatic carbocycles. The number of rotatable bonds is 4. The van der Waals surface area contributed by atoms with Gasteiger partial charge in [0.2, 0.25) is 0 Å². The van der Waals surface area contributed by atoms with Crippen molar-refractivity contribution in [2.45, 2.75) is 11.8 Å². The Hall–Kier alpha value is -2.01. The first-order valence-corrected chi connectivity index (χ1v) is 7.68. The van der Waals surface area contributed by atoms with E-state index < -0.39 is 10.0 Å². The quantitative estimate of drug-likeness (QED) is 0.694. The van der Waals surface area contributed by atoms with E-state index in [-0.39, 0.29) is 4.90 Å². The van der Waals surface area contributed by atoms with Gasteiger partial charge < -0.3 is 0 Å². The van der Waals surface area contributed by atoms with E-state index in [2.05, 4.69) is 27.1 Å². The molecule has 0 saturated heterocycles. The van der Waals surface area contributed by atoms with Crippen molar-refractivity contribution in [1.82, 2.24) is 0 Å². The Kier molecular flexibility index (Phi) is 4.29. The summed E-state index contributed by atoms with van der Waals surface area (Å²) in [7, 11) is -3.60. The number of hydrogen-bond acceptors (Lipinski definition) is 4. The molecule has 102 valence electrons. The number of isothiocyanates is 1. The SMILES string of the molecule is Cc1ccc(NS(=O)(=O)c2ccc(N=C=S)cc2)cc1. The second kappa shape index (κ2) is 5.96. The van der Waals surface area contributed by atoms with Gasteiger partial charge in [0, 0.05) is 5.69 Å². The minimum atomic E-state index is -3.60. The summed E-state index contributed by atoms with van der Waals surface area (Å²) < 4.78 is 26.9. The van der Waals surface area contributed by atoms with Gasteiger partial charge in [-0.15, -0.1) is 0 Å². The first-order chi connectivity index (χ1) is 9.51. The maximum Gasteiger partial charge on any atom is 0.261 e. The van der Waals surface area contributed by atoms with Crippen molar-refractivity contribution in [1.29, 1.82) is 0 Å². The van der Waals surface area contributed by atoms with Crippen molar-refractivity contribution in [2.75, 3.05) is 4.72 Å². The second-order valence-electron chi connectivity index (χ2n) is 4.17. The molecule has 0 bridgehead atoms. The van der Waals surface area contributed by atoms with Crippen molar-refractivity contribution < 1.29 is 8.42 Å². The molecule has 0 heterocycles. The van der Waals surface area contributed by atoms with Gasteiger partial charge in [-0.25, -0.2) is 8.42 Å². The average molecular weight is 304 g/mol. The molecule has 0 saturated carbocycles.